The number of rotatable bonds is 6. The Kier molecular flexibility index (Phi) is 5.76. The maximum absolute atomic E-state index is 12.6. The summed E-state index contributed by atoms with van der Waals surface area (Å²) in [5.74, 6) is 0.0237. The number of hydrogen-bond donors (Lipinski definition) is 1. The lowest BCUT2D eigenvalue weighted by molar-refractivity contribution is -0.113. The summed E-state index contributed by atoms with van der Waals surface area (Å²) in [4.78, 5) is 30.4. The smallest absolute Gasteiger partial charge is 0.414 e. The lowest BCUT2D eigenvalue weighted by Gasteiger charge is -2.17. The number of cyclic esters (lactones) is 1. The number of anilines is 2. The standard InChI is InChI=1S/C22H22N4O3S/c1-15-11-16(2)13-17(12-15)25-8-7-23-21(25)30-14-20(27)24-18-5-3-4-6-19(18)26-9-10-29-22(26)28/h3-8,11-13H,9-10,14H2,1-2H3,(H,24,27). The SMILES string of the molecule is Cc1cc(C)cc(-n2ccnc2SCC(=O)Nc2ccccc2N2CCOC2=O)c1. The Labute approximate surface area is 179 Å². The molecular weight excluding hydrogens is 400 g/mol. The van der Waals surface area contributed by atoms with Crippen LogP contribution < -0.4 is 10.2 Å². The monoisotopic (exact) mass is 422 g/mol. The highest BCUT2D eigenvalue weighted by Gasteiger charge is 2.26. The highest BCUT2D eigenvalue weighted by atomic mass is 32.2. The van der Waals surface area contributed by atoms with Gasteiger partial charge in [-0.1, -0.05) is 30.0 Å². The number of ether oxygens (including phenoxy) is 1. The first-order chi connectivity index (χ1) is 14.5. The summed E-state index contributed by atoms with van der Waals surface area (Å²) >= 11 is 1.36. The molecule has 1 aliphatic heterocycles. The summed E-state index contributed by atoms with van der Waals surface area (Å²) in [6, 6.07) is 13.5. The van der Waals surface area contributed by atoms with E-state index < -0.39 is 6.09 Å². The number of thioether (sulfide) groups is 1. The molecule has 0 saturated carbocycles. The van der Waals surface area contributed by atoms with Crippen molar-refractivity contribution in [3.8, 4) is 5.69 Å². The van der Waals surface area contributed by atoms with Crippen molar-refractivity contribution in [1.82, 2.24) is 9.55 Å². The molecule has 1 aliphatic rings. The van der Waals surface area contributed by atoms with Crippen LogP contribution in [0.15, 0.2) is 60.0 Å². The van der Waals surface area contributed by atoms with Crippen molar-refractivity contribution in [2.75, 3.05) is 29.1 Å². The van der Waals surface area contributed by atoms with E-state index in [2.05, 4.69) is 42.3 Å². The van der Waals surface area contributed by atoms with E-state index in [1.54, 1.807) is 18.3 Å². The number of para-hydroxylation sites is 2. The summed E-state index contributed by atoms with van der Waals surface area (Å²) in [5.41, 5.74) is 4.58. The first-order valence-corrected chi connectivity index (χ1v) is 10.6. The zero-order chi connectivity index (χ0) is 21.1. The number of carbonyl (C=O) groups excluding carboxylic acids is 2. The van der Waals surface area contributed by atoms with E-state index in [-0.39, 0.29) is 11.7 Å². The highest BCUT2D eigenvalue weighted by molar-refractivity contribution is 7.99. The summed E-state index contributed by atoms with van der Waals surface area (Å²) in [5, 5.41) is 3.64. The fourth-order valence-corrected chi connectivity index (χ4v) is 4.20. The van der Waals surface area contributed by atoms with E-state index >= 15 is 0 Å². The second-order valence-corrected chi connectivity index (χ2v) is 7.99. The molecule has 0 radical (unpaired) electrons. The first-order valence-electron chi connectivity index (χ1n) is 9.59. The molecule has 1 saturated heterocycles. The Morgan fingerprint density at radius 3 is 2.70 bits per heavy atom. The minimum absolute atomic E-state index is 0.171. The van der Waals surface area contributed by atoms with Gasteiger partial charge < -0.3 is 10.1 Å². The van der Waals surface area contributed by atoms with E-state index in [9.17, 15) is 9.59 Å². The van der Waals surface area contributed by atoms with E-state index in [4.69, 9.17) is 4.74 Å². The van der Waals surface area contributed by atoms with E-state index in [1.807, 2.05) is 22.9 Å². The van der Waals surface area contributed by atoms with Gasteiger partial charge in [0.25, 0.3) is 0 Å². The van der Waals surface area contributed by atoms with Crippen LogP contribution in [0.3, 0.4) is 0 Å². The van der Waals surface area contributed by atoms with Crippen LogP contribution in [0.5, 0.6) is 0 Å². The molecular formula is C22H22N4O3S. The minimum atomic E-state index is -0.401. The fourth-order valence-electron chi connectivity index (χ4n) is 3.43. The second-order valence-electron chi connectivity index (χ2n) is 7.05. The van der Waals surface area contributed by atoms with Crippen LogP contribution in [0.4, 0.5) is 16.2 Å². The number of aryl methyl sites for hydroxylation is 2. The van der Waals surface area contributed by atoms with Crippen molar-refractivity contribution in [2.24, 2.45) is 0 Å². The van der Waals surface area contributed by atoms with E-state index in [0.717, 1.165) is 10.8 Å². The van der Waals surface area contributed by atoms with Gasteiger partial charge in [0.1, 0.15) is 6.61 Å². The van der Waals surface area contributed by atoms with Crippen molar-refractivity contribution in [1.29, 1.82) is 0 Å². The third-order valence-electron chi connectivity index (χ3n) is 4.65. The molecule has 0 spiro atoms. The fraction of sp³-hybridized carbons (Fsp3) is 0.227. The number of hydrogen-bond acceptors (Lipinski definition) is 5. The van der Waals surface area contributed by atoms with Gasteiger partial charge in [0, 0.05) is 18.1 Å². The third-order valence-corrected chi connectivity index (χ3v) is 5.62. The zero-order valence-electron chi connectivity index (χ0n) is 16.8. The Morgan fingerprint density at radius 1 is 1.20 bits per heavy atom. The zero-order valence-corrected chi connectivity index (χ0v) is 17.6. The largest absolute Gasteiger partial charge is 0.447 e. The van der Waals surface area contributed by atoms with Gasteiger partial charge in [-0.3, -0.25) is 14.3 Å². The predicted molar refractivity (Wildman–Crippen MR) is 118 cm³/mol. The Hall–Kier alpha value is -3.26. The van der Waals surface area contributed by atoms with Gasteiger partial charge in [-0.05, 0) is 49.2 Å². The van der Waals surface area contributed by atoms with Crippen LogP contribution in [0.25, 0.3) is 5.69 Å². The van der Waals surface area contributed by atoms with Gasteiger partial charge in [-0.2, -0.15) is 0 Å². The lowest BCUT2D eigenvalue weighted by Crippen LogP contribution is -2.25. The molecule has 7 nitrogen and oxygen atoms in total. The van der Waals surface area contributed by atoms with Crippen LogP contribution in [-0.4, -0.2) is 40.5 Å². The summed E-state index contributed by atoms with van der Waals surface area (Å²) < 4.78 is 6.99. The second kappa shape index (κ2) is 8.62. The number of nitrogens with zero attached hydrogens (tertiary/aromatic N) is 3. The van der Waals surface area contributed by atoms with E-state index in [0.29, 0.717) is 24.5 Å². The average Bonchev–Trinajstić information content (AvgIpc) is 3.35. The van der Waals surface area contributed by atoms with Crippen LogP contribution in [-0.2, 0) is 9.53 Å². The van der Waals surface area contributed by atoms with Gasteiger partial charge in [0.05, 0.1) is 23.7 Å². The number of amides is 2. The van der Waals surface area contributed by atoms with E-state index in [1.165, 1.54) is 27.8 Å². The number of nitrogens with one attached hydrogen (secondary N) is 1. The van der Waals surface area contributed by atoms with Crippen molar-refractivity contribution in [2.45, 2.75) is 19.0 Å². The molecule has 8 heteroatoms. The number of carbonyl (C=O) groups is 2. The van der Waals surface area contributed by atoms with Crippen molar-refractivity contribution < 1.29 is 14.3 Å². The normalized spacial score (nSPS) is 13.4. The lowest BCUT2D eigenvalue weighted by atomic mass is 10.1. The summed E-state index contributed by atoms with van der Waals surface area (Å²) in [6.07, 6.45) is 3.22. The molecule has 154 valence electrons. The number of imidazole rings is 1. The third kappa shape index (κ3) is 4.33. The molecule has 3 aromatic rings. The highest BCUT2D eigenvalue weighted by Crippen LogP contribution is 2.28. The maximum Gasteiger partial charge on any atom is 0.414 e. The van der Waals surface area contributed by atoms with Gasteiger partial charge >= 0.3 is 6.09 Å². The minimum Gasteiger partial charge on any atom is -0.447 e. The molecule has 4 rings (SSSR count). The molecule has 2 aromatic carbocycles. The molecule has 0 aliphatic carbocycles. The molecule has 2 amide bonds. The van der Waals surface area contributed by atoms with Crippen LogP contribution in [0.2, 0.25) is 0 Å². The topological polar surface area (TPSA) is 76.5 Å². The molecule has 1 aromatic heterocycles. The van der Waals surface area contributed by atoms with Crippen molar-refractivity contribution in [3.05, 3.63) is 66.0 Å². The molecule has 1 fully saturated rings. The van der Waals surface area contributed by atoms with Gasteiger partial charge in [0.15, 0.2) is 5.16 Å². The molecule has 1 N–H and O–H groups in total. The van der Waals surface area contributed by atoms with Crippen LogP contribution in [0, 0.1) is 13.8 Å². The number of aromatic nitrogens is 2. The molecule has 0 unspecified atom stereocenters. The predicted octanol–water partition coefficient (Wildman–Crippen LogP) is 4.18. The molecule has 0 atom stereocenters. The average molecular weight is 423 g/mol. The van der Waals surface area contributed by atoms with Gasteiger partial charge in [0.2, 0.25) is 5.91 Å². The maximum atomic E-state index is 12.6. The number of benzene rings is 2. The molecule has 0 bridgehead atoms. The molecule has 2 heterocycles. The molecule has 30 heavy (non-hydrogen) atoms. The van der Waals surface area contributed by atoms with Gasteiger partial charge in [-0.15, -0.1) is 0 Å². The van der Waals surface area contributed by atoms with Crippen LogP contribution in [0.1, 0.15) is 11.1 Å². The first kappa shape index (κ1) is 20.0. The van der Waals surface area contributed by atoms with Gasteiger partial charge in [-0.25, -0.2) is 9.78 Å². The quantitative estimate of drug-likeness (QED) is 0.603. The summed E-state index contributed by atoms with van der Waals surface area (Å²) in [6.45, 7) is 4.93. The van der Waals surface area contributed by atoms with Crippen LogP contribution >= 0.6 is 11.8 Å². The Balaban J connectivity index is 1.45. The van der Waals surface area contributed by atoms with Crippen molar-refractivity contribution in [3.63, 3.8) is 0 Å². The Bertz CT molecular complexity index is 1080. The van der Waals surface area contributed by atoms with Crippen molar-refractivity contribution >= 4 is 35.1 Å². The summed E-state index contributed by atoms with van der Waals surface area (Å²) in [7, 11) is 0. The Morgan fingerprint density at radius 2 is 1.97 bits per heavy atom.